The Hall–Kier alpha value is -1.85. The summed E-state index contributed by atoms with van der Waals surface area (Å²) in [5, 5.41) is 9.33. The van der Waals surface area contributed by atoms with E-state index in [4.69, 9.17) is 9.47 Å². The predicted molar refractivity (Wildman–Crippen MR) is 63.1 cm³/mol. The highest BCUT2D eigenvalue weighted by atomic mass is 16.6. The second-order valence-corrected chi connectivity index (χ2v) is 5.12. The van der Waals surface area contributed by atoms with Crippen LogP contribution in [0, 0.1) is 5.92 Å². The minimum atomic E-state index is -1.38. The molecular weight excluding hydrogens is 252 g/mol. The molecule has 1 saturated carbocycles. The Morgan fingerprint density at radius 1 is 1.42 bits per heavy atom. The summed E-state index contributed by atoms with van der Waals surface area (Å²) in [6.45, 7) is 4.84. The molecule has 1 N–H and O–H groups in total. The fraction of sp³-hybridized carbons (Fsp3) is 0.615. The Bertz CT molecular complexity index is 446. The SMILES string of the molecule is C=C(C)C(=O)OC1C(=O)OC2(CCCC2)C1C(=O)O. The van der Waals surface area contributed by atoms with Gasteiger partial charge in [0.05, 0.1) is 0 Å². The molecule has 0 bridgehead atoms. The predicted octanol–water partition coefficient (Wildman–Crippen LogP) is 1.04. The van der Waals surface area contributed by atoms with Crippen LogP contribution >= 0.6 is 0 Å². The van der Waals surface area contributed by atoms with Crippen molar-refractivity contribution in [1.29, 1.82) is 0 Å². The first-order valence-electron chi connectivity index (χ1n) is 6.19. The molecule has 1 heterocycles. The van der Waals surface area contributed by atoms with Crippen LogP contribution in [0.25, 0.3) is 0 Å². The van der Waals surface area contributed by atoms with E-state index in [0.29, 0.717) is 12.8 Å². The monoisotopic (exact) mass is 268 g/mol. The van der Waals surface area contributed by atoms with Crippen LogP contribution in [-0.2, 0) is 23.9 Å². The Balaban J connectivity index is 2.26. The number of hydrogen-bond donors (Lipinski definition) is 1. The lowest BCUT2D eigenvalue weighted by atomic mass is 9.84. The molecular formula is C13H16O6. The summed E-state index contributed by atoms with van der Waals surface area (Å²) in [5.74, 6) is -3.86. The smallest absolute Gasteiger partial charge is 0.349 e. The van der Waals surface area contributed by atoms with Gasteiger partial charge in [-0.05, 0) is 32.6 Å². The van der Waals surface area contributed by atoms with Crippen molar-refractivity contribution in [3.63, 3.8) is 0 Å². The molecule has 1 aliphatic carbocycles. The molecule has 0 aromatic heterocycles. The molecule has 2 aliphatic rings. The van der Waals surface area contributed by atoms with Crippen molar-refractivity contribution in [3.05, 3.63) is 12.2 Å². The number of aliphatic carboxylic acids is 1. The number of carboxylic acids is 1. The fourth-order valence-electron chi connectivity index (χ4n) is 2.81. The molecule has 19 heavy (non-hydrogen) atoms. The van der Waals surface area contributed by atoms with E-state index in [1.807, 2.05) is 0 Å². The normalized spacial score (nSPS) is 28.2. The van der Waals surface area contributed by atoms with Gasteiger partial charge in [-0.3, -0.25) is 4.79 Å². The van der Waals surface area contributed by atoms with E-state index in [2.05, 4.69) is 6.58 Å². The molecule has 0 radical (unpaired) electrons. The van der Waals surface area contributed by atoms with Gasteiger partial charge in [-0.15, -0.1) is 0 Å². The molecule has 2 fully saturated rings. The topological polar surface area (TPSA) is 89.9 Å². The van der Waals surface area contributed by atoms with Crippen molar-refractivity contribution in [1.82, 2.24) is 0 Å². The third kappa shape index (κ3) is 2.22. The zero-order valence-electron chi connectivity index (χ0n) is 10.7. The molecule has 104 valence electrons. The van der Waals surface area contributed by atoms with E-state index in [-0.39, 0.29) is 5.57 Å². The number of rotatable bonds is 3. The van der Waals surface area contributed by atoms with Gasteiger partial charge in [-0.25, -0.2) is 9.59 Å². The maximum atomic E-state index is 11.8. The molecule has 0 aromatic rings. The van der Waals surface area contributed by atoms with Crippen molar-refractivity contribution in [2.75, 3.05) is 0 Å². The Morgan fingerprint density at radius 2 is 2.00 bits per heavy atom. The minimum Gasteiger partial charge on any atom is -0.481 e. The first-order chi connectivity index (χ1) is 8.87. The largest absolute Gasteiger partial charge is 0.481 e. The number of carbonyl (C=O) groups is 3. The highest BCUT2D eigenvalue weighted by Crippen LogP contribution is 2.46. The lowest BCUT2D eigenvalue weighted by Crippen LogP contribution is -2.42. The van der Waals surface area contributed by atoms with Gasteiger partial charge in [0.25, 0.3) is 0 Å². The van der Waals surface area contributed by atoms with E-state index in [9.17, 15) is 19.5 Å². The molecule has 1 aliphatic heterocycles. The lowest BCUT2D eigenvalue weighted by molar-refractivity contribution is -0.161. The van der Waals surface area contributed by atoms with Crippen LogP contribution in [-0.4, -0.2) is 34.7 Å². The number of esters is 2. The zero-order chi connectivity index (χ0) is 14.2. The van der Waals surface area contributed by atoms with Crippen LogP contribution in [0.3, 0.4) is 0 Å². The highest BCUT2D eigenvalue weighted by molar-refractivity contribution is 5.93. The fourth-order valence-corrected chi connectivity index (χ4v) is 2.81. The molecule has 1 saturated heterocycles. The van der Waals surface area contributed by atoms with E-state index in [0.717, 1.165) is 12.8 Å². The highest BCUT2D eigenvalue weighted by Gasteiger charge is 2.62. The van der Waals surface area contributed by atoms with Crippen LogP contribution in [0.15, 0.2) is 12.2 Å². The zero-order valence-corrected chi connectivity index (χ0v) is 10.7. The summed E-state index contributed by atoms with van der Waals surface area (Å²) >= 11 is 0. The van der Waals surface area contributed by atoms with Gasteiger partial charge in [0.15, 0.2) is 0 Å². The van der Waals surface area contributed by atoms with Gasteiger partial charge in [0.1, 0.15) is 11.5 Å². The Labute approximate surface area is 110 Å². The minimum absolute atomic E-state index is 0.115. The van der Waals surface area contributed by atoms with E-state index < -0.39 is 35.5 Å². The molecule has 6 heteroatoms. The van der Waals surface area contributed by atoms with Crippen LogP contribution in [0.1, 0.15) is 32.6 Å². The first kappa shape index (κ1) is 13.6. The number of hydrogen-bond acceptors (Lipinski definition) is 5. The van der Waals surface area contributed by atoms with Crippen LogP contribution in [0.2, 0.25) is 0 Å². The average Bonchev–Trinajstić information content (AvgIpc) is 2.85. The van der Waals surface area contributed by atoms with Crippen molar-refractivity contribution < 1.29 is 29.0 Å². The maximum absolute atomic E-state index is 11.8. The molecule has 6 nitrogen and oxygen atoms in total. The third-order valence-electron chi connectivity index (χ3n) is 3.70. The van der Waals surface area contributed by atoms with Crippen LogP contribution in [0.5, 0.6) is 0 Å². The Morgan fingerprint density at radius 3 is 2.47 bits per heavy atom. The summed E-state index contributed by atoms with van der Waals surface area (Å²) in [4.78, 5) is 34.7. The van der Waals surface area contributed by atoms with Crippen LogP contribution in [0.4, 0.5) is 0 Å². The second-order valence-electron chi connectivity index (χ2n) is 5.12. The number of carboxylic acid groups (broad SMARTS) is 1. The maximum Gasteiger partial charge on any atom is 0.349 e. The van der Waals surface area contributed by atoms with Gasteiger partial charge in [-0.1, -0.05) is 6.58 Å². The standard InChI is InChI=1S/C13H16O6/c1-7(2)11(16)18-9-8(10(14)15)13(19-12(9)17)5-3-4-6-13/h8-9H,1,3-6H2,2H3,(H,14,15). The molecule has 0 aromatic carbocycles. The van der Waals surface area contributed by atoms with E-state index >= 15 is 0 Å². The summed E-state index contributed by atoms with van der Waals surface area (Å²) < 4.78 is 10.2. The van der Waals surface area contributed by atoms with Crippen LogP contribution < -0.4 is 0 Å². The lowest BCUT2D eigenvalue weighted by Gasteiger charge is -2.26. The first-order valence-corrected chi connectivity index (χ1v) is 6.19. The molecule has 2 atom stereocenters. The molecule has 0 amide bonds. The average molecular weight is 268 g/mol. The van der Waals surface area contributed by atoms with Gasteiger partial charge < -0.3 is 14.6 Å². The van der Waals surface area contributed by atoms with Crippen molar-refractivity contribution in [3.8, 4) is 0 Å². The van der Waals surface area contributed by atoms with Crippen molar-refractivity contribution in [2.24, 2.45) is 5.92 Å². The number of ether oxygens (including phenoxy) is 2. The van der Waals surface area contributed by atoms with Crippen molar-refractivity contribution in [2.45, 2.75) is 44.3 Å². The van der Waals surface area contributed by atoms with Gasteiger partial charge >= 0.3 is 17.9 Å². The number of carbonyl (C=O) groups excluding carboxylic acids is 2. The van der Waals surface area contributed by atoms with E-state index in [1.54, 1.807) is 0 Å². The van der Waals surface area contributed by atoms with Gasteiger partial charge in [0.2, 0.25) is 6.10 Å². The summed E-state index contributed by atoms with van der Waals surface area (Å²) in [6.07, 6.45) is 1.23. The van der Waals surface area contributed by atoms with Gasteiger partial charge in [-0.2, -0.15) is 0 Å². The summed E-state index contributed by atoms with van der Waals surface area (Å²) in [5.41, 5.74) is -0.896. The quantitative estimate of drug-likeness (QED) is 0.607. The molecule has 1 spiro atoms. The Kier molecular flexibility index (Phi) is 3.34. The second kappa shape index (κ2) is 4.68. The molecule has 2 rings (SSSR count). The van der Waals surface area contributed by atoms with Gasteiger partial charge in [0, 0.05) is 5.57 Å². The van der Waals surface area contributed by atoms with Crippen molar-refractivity contribution >= 4 is 17.9 Å². The summed E-state index contributed by atoms with van der Waals surface area (Å²) in [6, 6.07) is 0. The molecule has 2 unspecified atom stereocenters. The van der Waals surface area contributed by atoms with E-state index in [1.165, 1.54) is 6.92 Å². The summed E-state index contributed by atoms with van der Waals surface area (Å²) in [7, 11) is 0. The third-order valence-corrected chi connectivity index (χ3v) is 3.70.